The van der Waals surface area contributed by atoms with E-state index in [1.54, 1.807) is 56.2 Å². The summed E-state index contributed by atoms with van der Waals surface area (Å²) in [6, 6.07) is 14.7. The third-order valence-electron chi connectivity index (χ3n) is 5.47. The van der Waals surface area contributed by atoms with E-state index < -0.39 is 5.41 Å². The van der Waals surface area contributed by atoms with Gasteiger partial charge in [0.1, 0.15) is 18.0 Å². The molecular weight excluding hydrogens is 442 g/mol. The molecule has 176 valence electrons. The molecular formula is C25H25N9O. The Bertz CT molecular complexity index is 1420. The van der Waals surface area contributed by atoms with Crippen molar-refractivity contribution in [2.24, 2.45) is 0 Å². The summed E-state index contributed by atoms with van der Waals surface area (Å²) >= 11 is 0. The lowest BCUT2D eigenvalue weighted by Gasteiger charge is -2.16. The molecule has 3 heterocycles. The van der Waals surface area contributed by atoms with E-state index in [0.29, 0.717) is 34.4 Å². The summed E-state index contributed by atoms with van der Waals surface area (Å²) in [4.78, 5) is 25.6. The van der Waals surface area contributed by atoms with Gasteiger partial charge in [-0.25, -0.2) is 9.97 Å². The molecule has 0 spiro atoms. The van der Waals surface area contributed by atoms with Gasteiger partial charge in [-0.1, -0.05) is 6.07 Å². The zero-order valence-electron chi connectivity index (χ0n) is 19.9. The predicted molar refractivity (Wildman–Crippen MR) is 134 cm³/mol. The Kier molecular flexibility index (Phi) is 6.42. The molecule has 1 aromatic carbocycles. The number of benzene rings is 1. The first kappa shape index (κ1) is 23.4. The molecule has 4 aromatic rings. The average molecular weight is 468 g/mol. The van der Waals surface area contributed by atoms with Crippen LogP contribution in [-0.4, -0.2) is 37.7 Å². The van der Waals surface area contributed by atoms with Gasteiger partial charge in [0.15, 0.2) is 5.82 Å². The highest BCUT2D eigenvalue weighted by atomic mass is 16.1. The number of rotatable bonds is 7. The molecule has 10 nitrogen and oxygen atoms in total. The summed E-state index contributed by atoms with van der Waals surface area (Å²) in [6.45, 7) is 5.50. The van der Waals surface area contributed by atoms with Crippen molar-refractivity contribution >= 4 is 28.9 Å². The molecule has 0 aliphatic carbocycles. The highest BCUT2D eigenvalue weighted by molar-refractivity contribution is 6.04. The van der Waals surface area contributed by atoms with E-state index in [9.17, 15) is 10.1 Å². The number of pyridine rings is 1. The van der Waals surface area contributed by atoms with Gasteiger partial charge in [0.05, 0.1) is 23.4 Å². The molecule has 4 rings (SSSR count). The van der Waals surface area contributed by atoms with Crippen LogP contribution in [0.5, 0.6) is 0 Å². The standard InChI is InChI=1S/C25H25N9O/c1-16-5-6-18(32-24(35)17-7-9-28-20(11-17)25(2,3)14-26)12-19(16)33-22-8-10-31-34(22)23-13-21(27-4)29-15-30-23/h5-13,15,33H,1-4H3,(H,32,35)(H,27,29,30). The highest BCUT2D eigenvalue weighted by Gasteiger charge is 2.22. The van der Waals surface area contributed by atoms with Crippen LogP contribution >= 0.6 is 0 Å². The number of amides is 1. The van der Waals surface area contributed by atoms with Gasteiger partial charge < -0.3 is 16.0 Å². The van der Waals surface area contributed by atoms with E-state index in [-0.39, 0.29) is 5.91 Å². The normalized spacial score (nSPS) is 10.9. The van der Waals surface area contributed by atoms with Crippen LogP contribution in [0.1, 0.15) is 35.5 Å². The van der Waals surface area contributed by atoms with Crippen LogP contribution < -0.4 is 16.0 Å². The number of anilines is 4. The summed E-state index contributed by atoms with van der Waals surface area (Å²) < 4.78 is 1.67. The SMILES string of the molecule is CNc1cc(-n2nccc2Nc2cc(NC(=O)c3ccnc(C(C)(C)C#N)c3)ccc2C)ncn1. The number of carbonyl (C=O) groups is 1. The largest absolute Gasteiger partial charge is 0.373 e. The van der Waals surface area contributed by atoms with Crippen molar-refractivity contribution in [3.05, 3.63) is 78.0 Å². The molecule has 3 aromatic heterocycles. The van der Waals surface area contributed by atoms with E-state index in [0.717, 1.165) is 11.3 Å². The number of nitrogens with one attached hydrogen (secondary N) is 3. The van der Waals surface area contributed by atoms with Gasteiger partial charge >= 0.3 is 0 Å². The average Bonchev–Trinajstić information content (AvgIpc) is 3.34. The predicted octanol–water partition coefficient (Wildman–Crippen LogP) is 4.20. The molecule has 0 saturated heterocycles. The van der Waals surface area contributed by atoms with Crippen LogP contribution in [0.2, 0.25) is 0 Å². The number of hydrogen-bond donors (Lipinski definition) is 3. The zero-order chi connectivity index (χ0) is 25.0. The van der Waals surface area contributed by atoms with E-state index in [4.69, 9.17) is 0 Å². The van der Waals surface area contributed by atoms with Crippen LogP contribution in [0, 0.1) is 18.3 Å². The van der Waals surface area contributed by atoms with Crippen molar-refractivity contribution in [2.45, 2.75) is 26.2 Å². The van der Waals surface area contributed by atoms with Gasteiger partial charge in [-0.05, 0) is 50.6 Å². The van der Waals surface area contributed by atoms with E-state index >= 15 is 0 Å². The van der Waals surface area contributed by atoms with Crippen molar-refractivity contribution in [1.29, 1.82) is 5.26 Å². The summed E-state index contributed by atoms with van der Waals surface area (Å²) in [7, 11) is 1.79. The number of carbonyl (C=O) groups excluding carboxylic acids is 1. The van der Waals surface area contributed by atoms with Gasteiger partial charge in [-0.2, -0.15) is 15.0 Å². The molecule has 0 bridgehead atoms. The van der Waals surface area contributed by atoms with E-state index in [1.165, 1.54) is 6.33 Å². The lowest BCUT2D eigenvalue weighted by Crippen LogP contribution is -2.18. The van der Waals surface area contributed by atoms with E-state index in [1.807, 2.05) is 31.2 Å². The molecule has 0 saturated carbocycles. The van der Waals surface area contributed by atoms with Crippen LogP contribution in [0.25, 0.3) is 5.82 Å². The Morgan fingerprint density at radius 3 is 2.66 bits per heavy atom. The second kappa shape index (κ2) is 9.61. The quantitative estimate of drug-likeness (QED) is 0.368. The maximum atomic E-state index is 12.9. The van der Waals surface area contributed by atoms with Crippen LogP contribution in [0.3, 0.4) is 0 Å². The van der Waals surface area contributed by atoms with Gasteiger partial charge in [0.2, 0.25) is 0 Å². The van der Waals surface area contributed by atoms with Crippen LogP contribution in [0.4, 0.5) is 23.0 Å². The molecule has 0 fully saturated rings. The Morgan fingerprint density at radius 1 is 1.06 bits per heavy atom. The van der Waals surface area contributed by atoms with Crippen molar-refractivity contribution < 1.29 is 4.79 Å². The van der Waals surface area contributed by atoms with Gasteiger partial charge in [0, 0.05) is 42.3 Å². The van der Waals surface area contributed by atoms with Gasteiger partial charge in [-0.15, -0.1) is 0 Å². The third-order valence-corrected chi connectivity index (χ3v) is 5.47. The molecule has 0 radical (unpaired) electrons. The number of hydrogen-bond acceptors (Lipinski definition) is 8. The molecule has 35 heavy (non-hydrogen) atoms. The minimum atomic E-state index is -0.794. The molecule has 0 aliphatic rings. The second-order valence-corrected chi connectivity index (χ2v) is 8.42. The fraction of sp³-hybridized carbons (Fsp3) is 0.200. The monoisotopic (exact) mass is 467 g/mol. The Hall–Kier alpha value is -4.78. The Labute approximate surface area is 203 Å². The number of aryl methyl sites for hydroxylation is 1. The Balaban J connectivity index is 1.56. The second-order valence-electron chi connectivity index (χ2n) is 8.42. The molecule has 0 unspecified atom stereocenters. The maximum Gasteiger partial charge on any atom is 0.255 e. The fourth-order valence-corrected chi connectivity index (χ4v) is 3.33. The zero-order valence-corrected chi connectivity index (χ0v) is 19.9. The Morgan fingerprint density at radius 2 is 1.89 bits per heavy atom. The molecule has 10 heteroatoms. The topological polar surface area (TPSA) is 133 Å². The highest BCUT2D eigenvalue weighted by Crippen LogP contribution is 2.26. The molecule has 0 aliphatic heterocycles. The summed E-state index contributed by atoms with van der Waals surface area (Å²) in [5.41, 5.74) is 2.57. The smallest absolute Gasteiger partial charge is 0.255 e. The third kappa shape index (κ3) is 5.09. The number of nitriles is 1. The lowest BCUT2D eigenvalue weighted by molar-refractivity contribution is 0.102. The molecule has 3 N–H and O–H groups in total. The fourth-order valence-electron chi connectivity index (χ4n) is 3.33. The van der Waals surface area contributed by atoms with Crippen molar-refractivity contribution in [2.75, 3.05) is 23.0 Å². The van der Waals surface area contributed by atoms with Gasteiger partial charge in [-0.3, -0.25) is 9.78 Å². The minimum absolute atomic E-state index is 0.289. The lowest BCUT2D eigenvalue weighted by atomic mass is 9.90. The first-order chi connectivity index (χ1) is 16.8. The van der Waals surface area contributed by atoms with Crippen LogP contribution in [-0.2, 0) is 5.41 Å². The molecule has 0 atom stereocenters. The first-order valence-corrected chi connectivity index (χ1v) is 10.9. The first-order valence-electron chi connectivity index (χ1n) is 10.9. The summed E-state index contributed by atoms with van der Waals surface area (Å²) in [6.07, 6.45) is 4.68. The minimum Gasteiger partial charge on any atom is -0.373 e. The van der Waals surface area contributed by atoms with Crippen molar-refractivity contribution in [3.8, 4) is 11.9 Å². The van der Waals surface area contributed by atoms with Crippen LogP contribution in [0.15, 0.2) is 61.2 Å². The summed E-state index contributed by atoms with van der Waals surface area (Å²) in [5.74, 6) is 1.69. The number of aromatic nitrogens is 5. The molecule has 1 amide bonds. The van der Waals surface area contributed by atoms with Crippen molar-refractivity contribution in [3.63, 3.8) is 0 Å². The van der Waals surface area contributed by atoms with E-state index in [2.05, 4.69) is 42.1 Å². The maximum absolute atomic E-state index is 12.9. The van der Waals surface area contributed by atoms with Crippen molar-refractivity contribution in [1.82, 2.24) is 24.7 Å². The number of nitrogens with zero attached hydrogens (tertiary/aromatic N) is 6. The van der Waals surface area contributed by atoms with Gasteiger partial charge in [0.25, 0.3) is 5.91 Å². The summed E-state index contributed by atoms with van der Waals surface area (Å²) in [5, 5.41) is 23.0.